The van der Waals surface area contributed by atoms with Gasteiger partial charge in [-0.2, -0.15) is 10.2 Å². The Morgan fingerprint density at radius 3 is 2.20 bits per heavy atom. The Labute approximate surface area is 85.3 Å². The summed E-state index contributed by atoms with van der Waals surface area (Å²) < 4.78 is 26.0. The lowest BCUT2D eigenvalue weighted by molar-refractivity contribution is 0.565. The molecule has 2 aromatic rings. The Morgan fingerprint density at radius 1 is 1.07 bits per heavy atom. The molecule has 0 saturated carbocycles. The molecule has 15 heavy (non-hydrogen) atoms. The third-order valence-corrected chi connectivity index (χ3v) is 2.14. The summed E-state index contributed by atoms with van der Waals surface area (Å²) in [5.41, 5.74) is 1.59. The maximum absolute atomic E-state index is 13.3. The molecular weight excluding hydrogens is 200 g/mol. The molecule has 5 heteroatoms. The molecule has 0 aliphatic carbocycles. The molecule has 0 aliphatic heterocycles. The van der Waals surface area contributed by atoms with Crippen molar-refractivity contribution < 1.29 is 8.78 Å². The standard InChI is InChI=1S/C10H9F2N3/c1-6-7(2)14-15(13-6)10-4-3-8(11)5-9(10)12/h3-5H,1-2H3. The first-order valence-electron chi connectivity index (χ1n) is 4.44. The Bertz CT molecular complexity index is 486. The summed E-state index contributed by atoms with van der Waals surface area (Å²) in [7, 11) is 0. The molecule has 0 unspecified atom stereocenters. The maximum Gasteiger partial charge on any atom is 0.153 e. The average Bonchev–Trinajstić information content (AvgIpc) is 2.46. The number of benzene rings is 1. The molecule has 0 fully saturated rings. The van der Waals surface area contributed by atoms with Crippen LogP contribution in [0.5, 0.6) is 0 Å². The van der Waals surface area contributed by atoms with Gasteiger partial charge in [-0.25, -0.2) is 8.78 Å². The molecule has 3 nitrogen and oxygen atoms in total. The second-order valence-corrected chi connectivity index (χ2v) is 3.26. The first-order valence-corrected chi connectivity index (χ1v) is 4.44. The van der Waals surface area contributed by atoms with E-state index in [-0.39, 0.29) is 5.69 Å². The van der Waals surface area contributed by atoms with Crippen molar-refractivity contribution in [1.29, 1.82) is 0 Å². The van der Waals surface area contributed by atoms with Gasteiger partial charge in [-0.15, -0.1) is 4.80 Å². The Kier molecular flexibility index (Phi) is 2.22. The van der Waals surface area contributed by atoms with E-state index in [1.54, 1.807) is 13.8 Å². The zero-order valence-electron chi connectivity index (χ0n) is 8.33. The first kappa shape index (κ1) is 9.76. The van der Waals surface area contributed by atoms with E-state index in [2.05, 4.69) is 10.2 Å². The number of aryl methyl sites for hydroxylation is 2. The summed E-state index contributed by atoms with van der Waals surface area (Å²) in [6.45, 7) is 3.56. The second-order valence-electron chi connectivity index (χ2n) is 3.26. The third-order valence-electron chi connectivity index (χ3n) is 2.14. The zero-order valence-corrected chi connectivity index (χ0v) is 8.33. The number of nitrogens with zero attached hydrogens (tertiary/aromatic N) is 3. The van der Waals surface area contributed by atoms with Gasteiger partial charge in [-0.05, 0) is 26.0 Å². The molecule has 0 bridgehead atoms. The number of halogens is 2. The minimum Gasteiger partial charge on any atom is -0.207 e. The van der Waals surface area contributed by atoms with Gasteiger partial charge < -0.3 is 0 Å². The number of hydrogen-bond acceptors (Lipinski definition) is 2. The van der Waals surface area contributed by atoms with E-state index in [1.807, 2.05) is 0 Å². The van der Waals surface area contributed by atoms with Crippen LogP contribution in [-0.4, -0.2) is 15.0 Å². The zero-order chi connectivity index (χ0) is 11.0. The highest BCUT2D eigenvalue weighted by Crippen LogP contribution is 2.13. The van der Waals surface area contributed by atoms with E-state index >= 15 is 0 Å². The topological polar surface area (TPSA) is 30.7 Å². The fourth-order valence-electron chi connectivity index (χ4n) is 1.20. The fraction of sp³-hybridized carbons (Fsp3) is 0.200. The molecule has 0 aliphatic rings. The highest BCUT2D eigenvalue weighted by Gasteiger charge is 2.09. The molecule has 0 saturated heterocycles. The third kappa shape index (κ3) is 1.72. The van der Waals surface area contributed by atoms with Crippen LogP contribution in [0.3, 0.4) is 0 Å². The van der Waals surface area contributed by atoms with Crippen molar-refractivity contribution >= 4 is 0 Å². The lowest BCUT2D eigenvalue weighted by Crippen LogP contribution is -2.02. The summed E-state index contributed by atoms with van der Waals surface area (Å²) >= 11 is 0. The van der Waals surface area contributed by atoms with Crippen molar-refractivity contribution in [2.24, 2.45) is 0 Å². The predicted octanol–water partition coefficient (Wildman–Crippen LogP) is 2.16. The Morgan fingerprint density at radius 2 is 1.67 bits per heavy atom. The van der Waals surface area contributed by atoms with Crippen LogP contribution in [0.2, 0.25) is 0 Å². The smallest absolute Gasteiger partial charge is 0.153 e. The summed E-state index contributed by atoms with van der Waals surface area (Å²) in [6.07, 6.45) is 0. The fourth-order valence-corrected chi connectivity index (χ4v) is 1.20. The lowest BCUT2D eigenvalue weighted by atomic mass is 10.3. The summed E-state index contributed by atoms with van der Waals surface area (Å²) in [4.78, 5) is 1.17. The summed E-state index contributed by atoms with van der Waals surface area (Å²) in [5, 5.41) is 8.03. The van der Waals surface area contributed by atoms with E-state index in [1.165, 1.54) is 16.9 Å². The summed E-state index contributed by atoms with van der Waals surface area (Å²) in [5.74, 6) is -1.29. The molecule has 78 valence electrons. The molecular formula is C10H9F2N3. The van der Waals surface area contributed by atoms with Gasteiger partial charge in [0.1, 0.15) is 11.5 Å². The minimum absolute atomic E-state index is 0.146. The van der Waals surface area contributed by atoms with Crippen molar-refractivity contribution in [2.75, 3.05) is 0 Å². The Hall–Kier alpha value is -1.78. The lowest BCUT2D eigenvalue weighted by Gasteiger charge is -2.00. The van der Waals surface area contributed by atoms with Crippen molar-refractivity contribution in [1.82, 2.24) is 15.0 Å². The molecule has 1 heterocycles. The monoisotopic (exact) mass is 209 g/mol. The van der Waals surface area contributed by atoms with Crippen LogP contribution in [0.25, 0.3) is 5.69 Å². The molecule has 0 N–H and O–H groups in total. The van der Waals surface area contributed by atoms with Crippen LogP contribution >= 0.6 is 0 Å². The molecule has 2 rings (SSSR count). The van der Waals surface area contributed by atoms with Crippen molar-refractivity contribution in [3.8, 4) is 5.69 Å². The van der Waals surface area contributed by atoms with Crippen molar-refractivity contribution in [2.45, 2.75) is 13.8 Å². The van der Waals surface area contributed by atoms with E-state index < -0.39 is 11.6 Å². The van der Waals surface area contributed by atoms with Crippen LogP contribution in [0, 0.1) is 25.5 Å². The van der Waals surface area contributed by atoms with Gasteiger partial charge in [0.2, 0.25) is 0 Å². The quantitative estimate of drug-likeness (QED) is 0.720. The molecule has 0 radical (unpaired) electrons. The number of hydrogen-bond donors (Lipinski definition) is 0. The molecule has 0 amide bonds. The van der Waals surface area contributed by atoms with Gasteiger partial charge in [-0.3, -0.25) is 0 Å². The van der Waals surface area contributed by atoms with Gasteiger partial charge in [0.15, 0.2) is 5.82 Å². The van der Waals surface area contributed by atoms with E-state index in [9.17, 15) is 8.78 Å². The van der Waals surface area contributed by atoms with Crippen LogP contribution in [-0.2, 0) is 0 Å². The number of aromatic nitrogens is 3. The van der Waals surface area contributed by atoms with E-state index in [4.69, 9.17) is 0 Å². The highest BCUT2D eigenvalue weighted by atomic mass is 19.1. The first-order chi connectivity index (χ1) is 7.08. The van der Waals surface area contributed by atoms with Crippen LogP contribution in [0.4, 0.5) is 8.78 Å². The second kappa shape index (κ2) is 3.42. The van der Waals surface area contributed by atoms with Gasteiger partial charge >= 0.3 is 0 Å². The average molecular weight is 209 g/mol. The van der Waals surface area contributed by atoms with E-state index in [0.717, 1.165) is 17.5 Å². The van der Waals surface area contributed by atoms with Gasteiger partial charge in [0.25, 0.3) is 0 Å². The van der Waals surface area contributed by atoms with Crippen molar-refractivity contribution in [3.63, 3.8) is 0 Å². The SMILES string of the molecule is Cc1nn(-c2ccc(F)cc2F)nc1C. The molecule has 0 spiro atoms. The van der Waals surface area contributed by atoms with Crippen LogP contribution in [0.1, 0.15) is 11.4 Å². The Balaban J connectivity index is 2.54. The normalized spacial score (nSPS) is 10.7. The van der Waals surface area contributed by atoms with E-state index in [0.29, 0.717) is 0 Å². The largest absolute Gasteiger partial charge is 0.207 e. The van der Waals surface area contributed by atoms with Gasteiger partial charge in [0, 0.05) is 6.07 Å². The molecule has 0 atom stereocenters. The highest BCUT2D eigenvalue weighted by molar-refractivity contribution is 5.31. The summed E-state index contributed by atoms with van der Waals surface area (Å²) in [6, 6.07) is 3.29. The maximum atomic E-state index is 13.3. The van der Waals surface area contributed by atoms with Crippen LogP contribution < -0.4 is 0 Å². The predicted molar refractivity (Wildman–Crippen MR) is 50.7 cm³/mol. The minimum atomic E-state index is -0.676. The number of rotatable bonds is 1. The van der Waals surface area contributed by atoms with Crippen molar-refractivity contribution in [3.05, 3.63) is 41.2 Å². The van der Waals surface area contributed by atoms with Gasteiger partial charge in [-0.1, -0.05) is 0 Å². The van der Waals surface area contributed by atoms with Crippen LogP contribution in [0.15, 0.2) is 18.2 Å². The van der Waals surface area contributed by atoms with Gasteiger partial charge in [0.05, 0.1) is 11.4 Å². The molecule has 1 aromatic carbocycles. The molecule has 1 aromatic heterocycles.